The molecule has 4 rings (SSSR count). The third-order valence-electron chi connectivity index (χ3n) is 6.02. The first kappa shape index (κ1) is 16.1. The van der Waals surface area contributed by atoms with Crippen LogP contribution in [0.25, 0.3) is 0 Å². The van der Waals surface area contributed by atoms with Crippen LogP contribution in [0.15, 0.2) is 24.3 Å². The molecule has 2 saturated heterocycles. The Bertz CT molecular complexity index is 773. The first-order valence-corrected chi connectivity index (χ1v) is 8.84. The summed E-state index contributed by atoms with van der Waals surface area (Å²) in [6.07, 6.45) is 2.23. The highest BCUT2D eigenvalue weighted by atomic mass is 16.2. The van der Waals surface area contributed by atoms with E-state index in [1.54, 1.807) is 4.90 Å². The first-order valence-electron chi connectivity index (χ1n) is 8.84. The molecule has 2 fully saturated rings. The largest absolute Gasteiger partial charge is 0.339 e. The van der Waals surface area contributed by atoms with Gasteiger partial charge >= 0.3 is 6.03 Å². The predicted octanol–water partition coefficient (Wildman–Crippen LogP) is 1.65. The molecule has 0 bridgehead atoms. The van der Waals surface area contributed by atoms with Gasteiger partial charge in [0.05, 0.1) is 12.5 Å². The SMILES string of the molecule is CC1(C)CC[C@@H](C(=O)N2CC[C@@]3(C2)NC(=O)NC3=O)c2ccccc21. The Kier molecular flexibility index (Phi) is 3.42. The third-order valence-corrected chi connectivity index (χ3v) is 6.02. The maximum atomic E-state index is 13.2. The van der Waals surface area contributed by atoms with Crippen molar-refractivity contribution in [3.63, 3.8) is 0 Å². The van der Waals surface area contributed by atoms with Crippen molar-refractivity contribution in [1.82, 2.24) is 15.5 Å². The Labute approximate surface area is 147 Å². The molecule has 2 heterocycles. The maximum Gasteiger partial charge on any atom is 0.322 e. The molecule has 2 atom stereocenters. The molecule has 1 aromatic rings. The third kappa shape index (κ3) is 2.42. The Hall–Kier alpha value is -2.37. The summed E-state index contributed by atoms with van der Waals surface area (Å²) in [6, 6.07) is 7.71. The molecule has 4 amide bonds. The molecule has 0 saturated carbocycles. The number of amides is 4. The minimum Gasteiger partial charge on any atom is -0.339 e. The van der Waals surface area contributed by atoms with Gasteiger partial charge in [-0.05, 0) is 35.8 Å². The fourth-order valence-electron chi connectivity index (χ4n) is 4.50. The molecule has 2 aliphatic heterocycles. The van der Waals surface area contributed by atoms with Crippen LogP contribution < -0.4 is 10.6 Å². The van der Waals surface area contributed by atoms with Gasteiger partial charge in [0.25, 0.3) is 5.91 Å². The lowest BCUT2D eigenvalue weighted by Crippen LogP contribution is -2.50. The highest BCUT2D eigenvalue weighted by Crippen LogP contribution is 2.43. The highest BCUT2D eigenvalue weighted by Gasteiger charge is 2.52. The summed E-state index contributed by atoms with van der Waals surface area (Å²) in [5.74, 6) is -0.425. The molecule has 1 aromatic carbocycles. The lowest BCUT2D eigenvalue weighted by molar-refractivity contribution is -0.132. The smallest absolute Gasteiger partial charge is 0.322 e. The minimum atomic E-state index is -0.944. The standard InChI is InChI=1S/C19H23N3O3/c1-18(2)8-7-13(12-5-3-4-6-14(12)18)15(23)22-10-9-19(11-22)16(24)20-17(25)21-19/h3-6,13H,7-11H2,1-2H3,(H2,20,21,24,25)/t13-,19+/m1/s1. The molecule has 0 aromatic heterocycles. The van der Waals surface area contributed by atoms with Gasteiger partial charge in [-0.2, -0.15) is 0 Å². The van der Waals surface area contributed by atoms with Crippen molar-refractivity contribution in [2.75, 3.05) is 13.1 Å². The van der Waals surface area contributed by atoms with Gasteiger partial charge in [-0.15, -0.1) is 0 Å². The Balaban J connectivity index is 1.59. The lowest BCUT2D eigenvalue weighted by atomic mass is 9.68. The molecule has 2 N–H and O–H groups in total. The van der Waals surface area contributed by atoms with Crippen LogP contribution in [0.4, 0.5) is 4.79 Å². The molecule has 0 radical (unpaired) electrons. The second-order valence-electron chi connectivity index (χ2n) is 8.06. The summed E-state index contributed by atoms with van der Waals surface area (Å²) in [5, 5.41) is 4.99. The van der Waals surface area contributed by atoms with E-state index >= 15 is 0 Å². The number of benzene rings is 1. The molecular formula is C19H23N3O3. The molecule has 1 aliphatic carbocycles. The quantitative estimate of drug-likeness (QED) is 0.763. The molecule has 3 aliphatic rings. The summed E-state index contributed by atoms with van der Waals surface area (Å²) >= 11 is 0. The van der Waals surface area contributed by atoms with E-state index in [2.05, 4.69) is 36.6 Å². The zero-order valence-electron chi connectivity index (χ0n) is 14.6. The summed E-state index contributed by atoms with van der Waals surface area (Å²) < 4.78 is 0. The van der Waals surface area contributed by atoms with E-state index in [1.807, 2.05) is 12.1 Å². The number of urea groups is 1. The Morgan fingerprint density at radius 3 is 2.68 bits per heavy atom. The zero-order valence-corrected chi connectivity index (χ0v) is 14.6. The van der Waals surface area contributed by atoms with E-state index in [-0.39, 0.29) is 29.7 Å². The second kappa shape index (κ2) is 5.31. The van der Waals surface area contributed by atoms with Gasteiger partial charge in [0, 0.05) is 6.54 Å². The van der Waals surface area contributed by atoms with Crippen LogP contribution in [-0.2, 0) is 15.0 Å². The van der Waals surface area contributed by atoms with E-state index in [9.17, 15) is 14.4 Å². The molecule has 1 spiro atoms. The predicted molar refractivity (Wildman–Crippen MR) is 92.0 cm³/mol. The number of hydrogen-bond donors (Lipinski definition) is 2. The molecular weight excluding hydrogens is 318 g/mol. The van der Waals surface area contributed by atoms with Crippen LogP contribution in [0.3, 0.4) is 0 Å². The summed E-state index contributed by atoms with van der Waals surface area (Å²) in [6.45, 7) is 5.19. The summed E-state index contributed by atoms with van der Waals surface area (Å²) in [4.78, 5) is 38.5. The number of carbonyl (C=O) groups excluding carboxylic acids is 3. The maximum absolute atomic E-state index is 13.2. The molecule has 25 heavy (non-hydrogen) atoms. The van der Waals surface area contributed by atoms with Crippen molar-refractivity contribution in [3.8, 4) is 0 Å². The van der Waals surface area contributed by atoms with Crippen LogP contribution in [0.5, 0.6) is 0 Å². The molecule has 132 valence electrons. The number of rotatable bonds is 1. The number of likely N-dealkylation sites (tertiary alicyclic amines) is 1. The number of nitrogens with one attached hydrogen (secondary N) is 2. The van der Waals surface area contributed by atoms with E-state index in [1.165, 1.54) is 5.56 Å². The van der Waals surface area contributed by atoms with Crippen LogP contribution >= 0.6 is 0 Å². The number of hydrogen-bond acceptors (Lipinski definition) is 3. The Morgan fingerprint density at radius 1 is 1.20 bits per heavy atom. The molecule has 6 heteroatoms. The van der Waals surface area contributed by atoms with Gasteiger partial charge < -0.3 is 10.2 Å². The normalized spacial score (nSPS) is 30.2. The summed E-state index contributed by atoms with van der Waals surface area (Å²) in [5.41, 5.74) is 1.46. The monoisotopic (exact) mass is 341 g/mol. The average Bonchev–Trinajstić information content (AvgIpc) is 3.11. The van der Waals surface area contributed by atoms with Crippen LogP contribution in [-0.4, -0.2) is 41.4 Å². The average molecular weight is 341 g/mol. The van der Waals surface area contributed by atoms with Crippen molar-refractivity contribution < 1.29 is 14.4 Å². The van der Waals surface area contributed by atoms with Gasteiger partial charge in [-0.25, -0.2) is 4.79 Å². The van der Waals surface area contributed by atoms with Crippen molar-refractivity contribution in [1.29, 1.82) is 0 Å². The minimum absolute atomic E-state index is 0.0637. The highest BCUT2D eigenvalue weighted by molar-refractivity contribution is 6.07. The van der Waals surface area contributed by atoms with Crippen molar-refractivity contribution in [2.45, 2.75) is 50.0 Å². The Morgan fingerprint density at radius 2 is 1.96 bits per heavy atom. The molecule has 6 nitrogen and oxygen atoms in total. The van der Waals surface area contributed by atoms with E-state index < -0.39 is 11.6 Å². The van der Waals surface area contributed by atoms with Gasteiger partial charge in [0.1, 0.15) is 5.54 Å². The van der Waals surface area contributed by atoms with E-state index in [4.69, 9.17) is 0 Å². The van der Waals surface area contributed by atoms with Crippen LogP contribution in [0.2, 0.25) is 0 Å². The van der Waals surface area contributed by atoms with Crippen molar-refractivity contribution in [3.05, 3.63) is 35.4 Å². The number of carbonyl (C=O) groups is 3. The molecule has 0 unspecified atom stereocenters. The van der Waals surface area contributed by atoms with Gasteiger partial charge in [-0.1, -0.05) is 38.1 Å². The second-order valence-corrected chi connectivity index (χ2v) is 8.06. The lowest BCUT2D eigenvalue weighted by Gasteiger charge is -2.37. The van der Waals surface area contributed by atoms with Crippen LogP contribution in [0.1, 0.15) is 50.2 Å². The topological polar surface area (TPSA) is 78.5 Å². The number of fused-ring (bicyclic) bond motifs is 1. The summed E-state index contributed by atoms with van der Waals surface area (Å²) in [7, 11) is 0. The van der Waals surface area contributed by atoms with Gasteiger partial charge in [-0.3, -0.25) is 14.9 Å². The van der Waals surface area contributed by atoms with Gasteiger partial charge in [0.15, 0.2) is 0 Å². The van der Waals surface area contributed by atoms with Crippen molar-refractivity contribution in [2.24, 2.45) is 0 Å². The van der Waals surface area contributed by atoms with Gasteiger partial charge in [0.2, 0.25) is 5.91 Å². The van der Waals surface area contributed by atoms with Crippen LogP contribution in [0, 0.1) is 0 Å². The number of imide groups is 1. The van der Waals surface area contributed by atoms with E-state index in [0.29, 0.717) is 13.0 Å². The fourth-order valence-corrected chi connectivity index (χ4v) is 4.50. The zero-order chi connectivity index (χ0) is 17.8. The first-order chi connectivity index (χ1) is 11.8. The fraction of sp³-hybridized carbons (Fsp3) is 0.526. The number of nitrogens with zero attached hydrogens (tertiary/aromatic N) is 1. The van der Waals surface area contributed by atoms with Crippen molar-refractivity contribution >= 4 is 17.8 Å². The van der Waals surface area contributed by atoms with E-state index in [0.717, 1.165) is 18.4 Å².